The van der Waals surface area contributed by atoms with E-state index < -0.39 is 0 Å². The van der Waals surface area contributed by atoms with Crippen LogP contribution in [0.25, 0.3) is 0 Å². The van der Waals surface area contributed by atoms with Gasteiger partial charge in [-0.2, -0.15) is 0 Å². The summed E-state index contributed by atoms with van der Waals surface area (Å²) < 4.78 is 4.96. The average molecular weight is 286 g/mol. The number of carbonyl (C=O) groups is 1. The third kappa shape index (κ3) is 5.67. The Labute approximate surface area is 122 Å². The van der Waals surface area contributed by atoms with Gasteiger partial charge in [0.2, 0.25) is 0 Å². The maximum Gasteiger partial charge on any atom is 0.407 e. The van der Waals surface area contributed by atoms with E-state index in [1.54, 1.807) is 6.92 Å². The molecular formula is C15H30N2O3. The van der Waals surface area contributed by atoms with Crippen molar-refractivity contribution in [3.8, 4) is 0 Å². The van der Waals surface area contributed by atoms with Crippen LogP contribution >= 0.6 is 0 Å². The molecule has 0 aliphatic carbocycles. The normalized spacial score (nSPS) is 25.5. The van der Waals surface area contributed by atoms with Gasteiger partial charge in [0.25, 0.3) is 0 Å². The van der Waals surface area contributed by atoms with Crippen LogP contribution in [0.15, 0.2) is 0 Å². The van der Waals surface area contributed by atoms with Gasteiger partial charge in [-0.05, 0) is 46.0 Å². The fourth-order valence-electron chi connectivity index (χ4n) is 2.83. The molecule has 3 unspecified atom stereocenters. The number of nitrogens with one attached hydrogen (secondary N) is 1. The number of amides is 1. The Morgan fingerprint density at radius 3 is 2.65 bits per heavy atom. The van der Waals surface area contributed by atoms with E-state index in [9.17, 15) is 9.90 Å². The molecule has 0 radical (unpaired) electrons. The van der Waals surface area contributed by atoms with Crippen molar-refractivity contribution in [1.82, 2.24) is 10.2 Å². The molecule has 3 atom stereocenters. The van der Waals surface area contributed by atoms with Crippen LogP contribution in [0.3, 0.4) is 0 Å². The average Bonchev–Trinajstić information content (AvgIpc) is 2.38. The summed E-state index contributed by atoms with van der Waals surface area (Å²) in [6, 6.07) is 0.558. The van der Waals surface area contributed by atoms with E-state index in [4.69, 9.17) is 4.74 Å². The Hall–Kier alpha value is -0.810. The van der Waals surface area contributed by atoms with E-state index in [2.05, 4.69) is 24.1 Å². The van der Waals surface area contributed by atoms with E-state index in [0.717, 1.165) is 32.4 Å². The second-order valence-corrected chi connectivity index (χ2v) is 6.01. The highest BCUT2D eigenvalue weighted by atomic mass is 16.5. The van der Waals surface area contributed by atoms with Crippen LogP contribution < -0.4 is 5.32 Å². The molecule has 1 aliphatic rings. The lowest BCUT2D eigenvalue weighted by atomic mass is 9.88. The number of ether oxygens (including phenoxy) is 1. The van der Waals surface area contributed by atoms with Crippen LogP contribution in [0, 0.1) is 5.92 Å². The predicted octanol–water partition coefficient (Wildman–Crippen LogP) is 1.99. The highest BCUT2D eigenvalue weighted by Crippen LogP contribution is 2.23. The molecule has 1 fully saturated rings. The van der Waals surface area contributed by atoms with Crippen LogP contribution in [-0.4, -0.2) is 54.0 Å². The molecule has 0 bridgehead atoms. The van der Waals surface area contributed by atoms with Crippen molar-refractivity contribution in [2.24, 2.45) is 5.92 Å². The number of alkyl carbamates (subject to hydrolysis) is 1. The number of hydrogen-bond donors (Lipinski definition) is 2. The molecule has 1 amide bonds. The zero-order chi connectivity index (χ0) is 15.1. The van der Waals surface area contributed by atoms with Gasteiger partial charge in [0.05, 0.1) is 12.7 Å². The summed E-state index contributed by atoms with van der Waals surface area (Å²) >= 11 is 0. The summed E-state index contributed by atoms with van der Waals surface area (Å²) in [4.78, 5) is 13.9. The molecule has 1 saturated heterocycles. The van der Waals surface area contributed by atoms with E-state index in [-0.39, 0.29) is 18.2 Å². The minimum Gasteiger partial charge on any atom is -0.450 e. The van der Waals surface area contributed by atoms with Crippen molar-refractivity contribution in [3.05, 3.63) is 0 Å². The number of aliphatic hydroxyl groups is 1. The lowest BCUT2D eigenvalue weighted by molar-refractivity contribution is 0.0666. The van der Waals surface area contributed by atoms with Gasteiger partial charge in [-0.15, -0.1) is 0 Å². The fourth-order valence-corrected chi connectivity index (χ4v) is 2.83. The van der Waals surface area contributed by atoms with Crippen molar-refractivity contribution < 1.29 is 14.6 Å². The minimum atomic E-state index is -0.335. The molecule has 5 heteroatoms. The molecule has 0 aromatic carbocycles. The number of nitrogens with zero attached hydrogens (tertiary/aromatic N) is 1. The maximum atomic E-state index is 11.6. The van der Waals surface area contributed by atoms with Gasteiger partial charge in [0, 0.05) is 25.2 Å². The number of carbonyl (C=O) groups excluding carboxylic acids is 1. The van der Waals surface area contributed by atoms with Gasteiger partial charge >= 0.3 is 6.09 Å². The summed E-state index contributed by atoms with van der Waals surface area (Å²) in [7, 11) is 0. The van der Waals surface area contributed by atoms with Gasteiger partial charge in [-0.3, -0.25) is 4.90 Å². The second-order valence-electron chi connectivity index (χ2n) is 6.01. The number of rotatable bonds is 6. The standard InChI is InChI=1S/C15H30N2O3/c1-5-14(18)8-12-7-13(16-15(19)20-6-2)10-17(9-12)11(3)4/h11-14,18H,5-10H2,1-4H3,(H,16,19). The third-order valence-corrected chi connectivity index (χ3v) is 3.97. The molecule has 0 aromatic rings. The number of aliphatic hydroxyl groups excluding tert-OH is 1. The van der Waals surface area contributed by atoms with E-state index >= 15 is 0 Å². The Balaban J connectivity index is 2.58. The van der Waals surface area contributed by atoms with Crippen LogP contribution in [-0.2, 0) is 4.74 Å². The molecule has 1 aliphatic heterocycles. The fraction of sp³-hybridized carbons (Fsp3) is 0.933. The quantitative estimate of drug-likeness (QED) is 0.784. The first-order valence-corrected chi connectivity index (χ1v) is 7.81. The second kappa shape index (κ2) is 8.47. The summed E-state index contributed by atoms with van der Waals surface area (Å²) in [6.45, 7) is 10.4. The topological polar surface area (TPSA) is 61.8 Å². The monoisotopic (exact) mass is 286 g/mol. The van der Waals surface area contributed by atoms with Crippen LogP contribution in [0.4, 0.5) is 4.79 Å². The zero-order valence-electron chi connectivity index (χ0n) is 13.3. The minimum absolute atomic E-state index is 0.110. The summed E-state index contributed by atoms with van der Waals surface area (Å²) in [6.07, 6.45) is 1.93. The van der Waals surface area contributed by atoms with Crippen molar-refractivity contribution in [2.75, 3.05) is 19.7 Å². The van der Waals surface area contributed by atoms with E-state index in [1.165, 1.54) is 0 Å². The molecule has 2 N–H and O–H groups in total. The third-order valence-electron chi connectivity index (χ3n) is 3.97. The Kier molecular flexibility index (Phi) is 7.30. The molecule has 0 spiro atoms. The van der Waals surface area contributed by atoms with Crippen molar-refractivity contribution in [2.45, 2.75) is 65.1 Å². The highest BCUT2D eigenvalue weighted by Gasteiger charge is 2.30. The number of likely N-dealkylation sites (tertiary alicyclic amines) is 1. The maximum absolute atomic E-state index is 11.6. The summed E-state index contributed by atoms with van der Waals surface area (Å²) in [5.41, 5.74) is 0. The van der Waals surface area contributed by atoms with E-state index in [1.807, 2.05) is 6.92 Å². The largest absolute Gasteiger partial charge is 0.450 e. The Morgan fingerprint density at radius 2 is 2.10 bits per heavy atom. The molecule has 1 rings (SSSR count). The summed E-state index contributed by atoms with van der Waals surface area (Å²) in [5.74, 6) is 0.424. The van der Waals surface area contributed by atoms with Crippen LogP contribution in [0.2, 0.25) is 0 Å². The lowest BCUT2D eigenvalue weighted by Crippen LogP contribution is -2.53. The highest BCUT2D eigenvalue weighted by molar-refractivity contribution is 5.67. The molecule has 1 heterocycles. The predicted molar refractivity (Wildman–Crippen MR) is 79.7 cm³/mol. The van der Waals surface area contributed by atoms with Crippen molar-refractivity contribution in [1.29, 1.82) is 0 Å². The van der Waals surface area contributed by atoms with Gasteiger partial charge in [0.1, 0.15) is 0 Å². The molecule has 20 heavy (non-hydrogen) atoms. The zero-order valence-corrected chi connectivity index (χ0v) is 13.3. The number of piperidine rings is 1. The molecule has 0 saturated carbocycles. The van der Waals surface area contributed by atoms with Crippen molar-refractivity contribution >= 4 is 6.09 Å². The van der Waals surface area contributed by atoms with E-state index in [0.29, 0.717) is 18.6 Å². The van der Waals surface area contributed by atoms with Gasteiger partial charge in [-0.1, -0.05) is 6.92 Å². The first-order chi connectivity index (χ1) is 9.46. The van der Waals surface area contributed by atoms with Crippen LogP contribution in [0.5, 0.6) is 0 Å². The molecule has 118 valence electrons. The smallest absolute Gasteiger partial charge is 0.407 e. The first kappa shape index (κ1) is 17.2. The Bertz CT molecular complexity index is 297. The molecule has 5 nitrogen and oxygen atoms in total. The van der Waals surface area contributed by atoms with Gasteiger partial charge in [-0.25, -0.2) is 4.79 Å². The van der Waals surface area contributed by atoms with Crippen LogP contribution in [0.1, 0.15) is 47.0 Å². The Morgan fingerprint density at radius 1 is 1.40 bits per heavy atom. The SMILES string of the molecule is CCOC(=O)NC1CC(CC(O)CC)CN(C(C)C)C1. The van der Waals surface area contributed by atoms with Gasteiger partial charge in [0.15, 0.2) is 0 Å². The van der Waals surface area contributed by atoms with Crippen molar-refractivity contribution in [3.63, 3.8) is 0 Å². The molecule has 0 aromatic heterocycles. The first-order valence-electron chi connectivity index (χ1n) is 7.81. The van der Waals surface area contributed by atoms with Gasteiger partial charge < -0.3 is 15.2 Å². The summed E-state index contributed by atoms with van der Waals surface area (Å²) in [5, 5.41) is 12.8. The lowest BCUT2D eigenvalue weighted by Gasteiger charge is -2.40. The molecular weight excluding hydrogens is 256 g/mol. The number of hydrogen-bond acceptors (Lipinski definition) is 4.